The third-order valence-electron chi connectivity index (χ3n) is 4.38. The van der Waals surface area contributed by atoms with Crippen molar-refractivity contribution in [1.29, 1.82) is 0 Å². The molecule has 0 aliphatic carbocycles. The summed E-state index contributed by atoms with van der Waals surface area (Å²) in [6.45, 7) is 5.89. The zero-order chi connectivity index (χ0) is 21.3. The molecule has 0 aliphatic heterocycles. The normalized spacial score (nSPS) is 11.6. The molecule has 10 nitrogen and oxygen atoms in total. The van der Waals surface area contributed by atoms with Crippen LogP contribution < -0.4 is 11.2 Å². The van der Waals surface area contributed by atoms with Gasteiger partial charge >= 0.3 is 0 Å². The number of nitrogens with zero attached hydrogens (tertiary/aromatic N) is 6. The molecule has 0 atom stereocenters. The van der Waals surface area contributed by atoms with Crippen molar-refractivity contribution in [3.05, 3.63) is 57.4 Å². The van der Waals surface area contributed by atoms with E-state index in [-0.39, 0.29) is 17.3 Å². The molecular weight excluding hydrogens is 404 g/mol. The summed E-state index contributed by atoms with van der Waals surface area (Å²) in [5, 5.41) is 19.6. The van der Waals surface area contributed by atoms with Crippen LogP contribution in [-0.2, 0) is 0 Å². The van der Waals surface area contributed by atoms with Gasteiger partial charge < -0.3 is 5.73 Å². The number of benzene rings is 1. The van der Waals surface area contributed by atoms with E-state index >= 15 is 0 Å². The van der Waals surface area contributed by atoms with E-state index < -0.39 is 5.91 Å². The number of thiophene rings is 1. The Balaban J connectivity index is 1.71. The number of nitrogens with two attached hydrogens (primary N) is 1. The van der Waals surface area contributed by atoms with Gasteiger partial charge in [0.15, 0.2) is 5.69 Å². The Bertz CT molecular complexity index is 1240. The number of anilines is 1. The van der Waals surface area contributed by atoms with E-state index in [4.69, 9.17) is 5.73 Å². The minimum Gasteiger partial charge on any atom is -0.378 e. The number of carbonyl (C=O) groups excluding carboxylic acids is 1. The third kappa shape index (κ3) is 3.57. The van der Waals surface area contributed by atoms with Crippen LogP contribution in [-0.4, -0.2) is 36.9 Å². The number of amides is 1. The standard InChI is InChI=1S/C19H18N8O2S/c1-10-9-14(12(3)30-10)11(2)21-23-19(28)15-16(13-7-5-4-6-8-13)27(26-22-15)18-17(20)24-29-25-18/h4-9H,1-3H3,(H2,20,24)(H,23,28). The number of hydrazone groups is 1. The van der Waals surface area contributed by atoms with Crippen molar-refractivity contribution in [2.75, 3.05) is 5.73 Å². The van der Waals surface area contributed by atoms with Crippen molar-refractivity contribution in [1.82, 2.24) is 30.7 Å². The van der Waals surface area contributed by atoms with E-state index in [1.54, 1.807) is 11.3 Å². The van der Waals surface area contributed by atoms with E-state index in [2.05, 4.69) is 35.8 Å². The number of hydrogen-bond donors (Lipinski definition) is 2. The smallest absolute Gasteiger partial charge is 0.294 e. The minimum absolute atomic E-state index is 0.0289. The van der Waals surface area contributed by atoms with Crippen molar-refractivity contribution in [3.8, 4) is 17.1 Å². The molecule has 0 aliphatic rings. The lowest BCUT2D eigenvalue weighted by Crippen LogP contribution is -2.21. The maximum absolute atomic E-state index is 12.9. The Morgan fingerprint density at radius 1 is 1.23 bits per heavy atom. The van der Waals surface area contributed by atoms with Gasteiger partial charge in [-0.1, -0.05) is 35.5 Å². The molecule has 30 heavy (non-hydrogen) atoms. The molecule has 3 N–H and O–H groups in total. The van der Waals surface area contributed by atoms with E-state index in [1.807, 2.05) is 57.2 Å². The van der Waals surface area contributed by atoms with E-state index in [0.29, 0.717) is 17.0 Å². The fraction of sp³-hybridized carbons (Fsp3) is 0.158. The van der Waals surface area contributed by atoms with Crippen LogP contribution in [0.2, 0.25) is 0 Å². The first-order valence-electron chi connectivity index (χ1n) is 8.97. The van der Waals surface area contributed by atoms with Crippen LogP contribution in [0, 0.1) is 13.8 Å². The number of aryl methyl sites for hydroxylation is 2. The molecule has 0 bridgehead atoms. The van der Waals surface area contributed by atoms with Gasteiger partial charge in [-0.05, 0) is 37.2 Å². The summed E-state index contributed by atoms with van der Waals surface area (Å²) >= 11 is 1.68. The zero-order valence-corrected chi connectivity index (χ0v) is 17.3. The number of aromatic nitrogens is 5. The van der Waals surface area contributed by atoms with Crippen LogP contribution in [0.3, 0.4) is 0 Å². The van der Waals surface area contributed by atoms with E-state index in [0.717, 1.165) is 10.4 Å². The van der Waals surface area contributed by atoms with E-state index in [9.17, 15) is 4.79 Å². The molecule has 0 unspecified atom stereocenters. The van der Waals surface area contributed by atoms with Gasteiger partial charge in [-0.15, -0.1) is 16.4 Å². The van der Waals surface area contributed by atoms with Gasteiger partial charge in [-0.3, -0.25) is 4.79 Å². The van der Waals surface area contributed by atoms with Gasteiger partial charge in [0.2, 0.25) is 11.6 Å². The predicted molar refractivity (Wildman–Crippen MR) is 113 cm³/mol. The van der Waals surface area contributed by atoms with Crippen LogP contribution in [0.4, 0.5) is 5.82 Å². The minimum atomic E-state index is -0.515. The highest BCUT2D eigenvalue weighted by molar-refractivity contribution is 7.12. The maximum Gasteiger partial charge on any atom is 0.294 e. The fourth-order valence-electron chi connectivity index (χ4n) is 3.01. The van der Waals surface area contributed by atoms with Gasteiger partial charge in [-0.25, -0.2) is 10.1 Å². The number of nitrogens with one attached hydrogen (secondary N) is 1. The molecule has 3 heterocycles. The highest BCUT2D eigenvalue weighted by atomic mass is 32.1. The Morgan fingerprint density at radius 3 is 2.63 bits per heavy atom. The van der Waals surface area contributed by atoms with Gasteiger partial charge in [0.05, 0.1) is 5.71 Å². The largest absolute Gasteiger partial charge is 0.378 e. The van der Waals surface area contributed by atoms with Crippen molar-refractivity contribution in [2.24, 2.45) is 5.10 Å². The van der Waals surface area contributed by atoms with Gasteiger partial charge in [-0.2, -0.15) is 9.78 Å². The molecule has 0 spiro atoms. The number of hydrogen-bond acceptors (Lipinski definition) is 9. The average Bonchev–Trinajstić information content (AvgIpc) is 3.44. The lowest BCUT2D eigenvalue weighted by Gasteiger charge is -2.06. The third-order valence-corrected chi connectivity index (χ3v) is 5.35. The average molecular weight is 422 g/mol. The molecule has 0 saturated heterocycles. The van der Waals surface area contributed by atoms with Crippen molar-refractivity contribution < 1.29 is 9.42 Å². The first-order valence-corrected chi connectivity index (χ1v) is 9.79. The molecule has 11 heteroatoms. The number of carbonyl (C=O) groups is 1. The number of nitrogen functional groups attached to an aromatic ring is 1. The maximum atomic E-state index is 12.9. The molecule has 4 rings (SSSR count). The SMILES string of the molecule is CC(=NNC(=O)c1nnn(-c2nonc2N)c1-c1ccccc1)c1cc(C)sc1C. The van der Waals surface area contributed by atoms with Crippen LogP contribution in [0.25, 0.3) is 17.1 Å². The highest BCUT2D eigenvalue weighted by Gasteiger charge is 2.25. The molecule has 1 amide bonds. The lowest BCUT2D eigenvalue weighted by atomic mass is 10.1. The summed E-state index contributed by atoms with van der Waals surface area (Å²) in [7, 11) is 0. The first-order chi connectivity index (χ1) is 14.5. The van der Waals surface area contributed by atoms with Crippen molar-refractivity contribution >= 4 is 28.8 Å². The second kappa shape index (κ2) is 7.87. The Kier molecular flexibility index (Phi) is 5.11. The summed E-state index contributed by atoms with van der Waals surface area (Å²) in [6.07, 6.45) is 0. The summed E-state index contributed by atoms with van der Waals surface area (Å²) in [4.78, 5) is 15.2. The van der Waals surface area contributed by atoms with Crippen molar-refractivity contribution in [2.45, 2.75) is 20.8 Å². The molecule has 1 aromatic carbocycles. The molecule has 0 saturated carbocycles. The van der Waals surface area contributed by atoms with Crippen LogP contribution in [0.5, 0.6) is 0 Å². The zero-order valence-electron chi connectivity index (χ0n) is 16.4. The summed E-state index contributed by atoms with van der Waals surface area (Å²) in [6, 6.07) is 11.2. The second-order valence-corrected chi connectivity index (χ2v) is 7.96. The highest BCUT2D eigenvalue weighted by Crippen LogP contribution is 2.26. The van der Waals surface area contributed by atoms with Gasteiger partial charge in [0.25, 0.3) is 5.91 Å². The lowest BCUT2D eigenvalue weighted by molar-refractivity contribution is 0.0950. The van der Waals surface area contributed by atoms with Gasteiger partial charge in [0.1, 0.15) is 5.69 Å². The summed E-state index contributed by atoms with van der Waals surface area (Å²) in [5.41, 5.74) is 11.2. The monoisotopic (exact) mass is 422 g/mol. The van der Waals surface area contributed by atoms with Crippen LogP contribution in [0.15, 0.2) is 46.1 Å². The number of rotatable bonds is 5. The predicted octanol–water partition coefficient (Wildman–Crippen LogP) is 2.73. The fourth-order valence-corrected chi connectivity index (χ4v) is 3.99. The molecular formula is C19H18N8O2S. The van der Waals surface area contributed by atoms with Crippen LogP contribution >= 0.6 is 11.3 Å². The van der Waals surface area contributed by atoms with E-state index in [1.165, 1.54) is 9.56 Å². The first kappa shape index (κ1) is 19.5. The second-order valence-electron chi connectivity index (χ2n) is 6.50. The van der Waals surface area contributed by atoms with Gasteiger partial charge in [0, 0.05) is 20.9 Å². The summed E-state index contributed by atoms with van der Waals surface area (Å²) < 4.78 is 5.98. The summed E-state index contributed by atoms with van der Waals surface area (Å²) in [5.74, 6) is -0.343. The van der Waals surface area contributed by atoms with Crippen LogP contribution in [0.1, 0.15) is 32.7 Å². The topological polar surface area (TPSA) is 137 Å². The Morgan fingerprint density at radius 2 is 2.00 bits per heavy atom. The Hall–Kier alpha value is -3.86. The molecule has 4 aromatic rings. The molecule has 0 fully saturated rings. The quantitative estimate of drug-likeness (QED) is 0.372. The van der Waals surface area contributed by atoms with Crippen molar-refractivity contribution in [3.63, 3.8) is 0 Å². The molecule has 3 aromatic heterocycles. The molecule has 152 valence electrons. The molecule has 0 radical (unpaired) electrons. The Labute approximate surface area is 175 Å².